The van der Waals surface area contributed by atoms with Crippen LogP contribution in [0.2, 0.25) is 0 Å². The van der Waals surface area contributed by atoms with Gasteiger partial charge in [-0.05, 0) is 42.8 Å². The minimum Gasteiger partial charge on any atom is -0.481 e. The lowest BCUT2D eigenvalue weighted by molar-refractivity contribution is -0.141. The summed E-state index contributed by atoms with van der Waals surface area (Å²) in [5, 5.41) is 8.98. The van der Waals surface area contributed by atoms with Gasteiger partial charge in [0.25, 0.3) is 5.91 Å². The number of carboxylic acid groups (broad SMARTS) is 1. The van der Waals surface area contributed by atoms with Crippen LogP contribution in [-0.4, -0.2) is 39.5 Å². The Balaban J connectivity index is 2.99. The number of rotatable bonds is 6. The Morgan fingerprint density at radius 2 is 2.00 bits per heavy atom. The van der Waals surface area contributed by atoms with E-state index in [4.69, 9.17) is 5.11 Å². The largest absolute Gasteiger partial charge is 0.481 e. The van der Waals surface area contributed by atoms with Crippen molar-refractivity contribution >= 4 is 27.8 Å². The second-order valence-corrected chi connectivity index (χ2v) is 6.04. The Morgan fingerprint density at radius 1 is 1.40 bits per heavy atom. The fraction of sp³-hybridized carbons (Fsp3) is 0.571. The minimum atomic E-state index is -0.892. The maximum Gasteiger partial charge on any atom is 0.308 e. The Bertz CT molecular complexity index is 497. The molecular formula is C14H21BrN2O3. The number of aliphatic carboxylic acids is 1. The zero-order valence-corrected chi connectivity index (χ0v) is 13.8. The lowest BCUT2D eigenvalue weighted by Gasteiger charge is -2.24. The monoisotopic (exact) mass is 344 g/mol. The van der Waals surface area contributed by atoms with Crippen LogP contribution >= 0.6 is 15.9 Å². The van der Waals surface area contributed by atoms with Crippen molar-refractivity contribution in [3.63, 3.8) is 0 Å². The summed E-state index contributed by atoms with van der Waals surface area (Å²) in [6.07, 6.45) is 1.87. The molecule has 1 atom stereocenters. The number of hydrogen-bond donors (Lipinski definition) is 1. The van der Waals surface area contributed by atoms with Gasteiger partial charge >= 0.3 is 5.97 Å². The fourth-order valence-electron chi connectivity index (χ4n) is 1.97. The summed E-state index contributed by atoms with van der Waals surface area (Å²) in [7, 11) is 0. The van der Waals surface area contributed by atoms with Gasteiger partial charge in [-0.2, -0.15) is 0 Å². The molecule has 1 rings (SSSR count). The topological polar surface area (TPSA) is 62.5 Å². The van der Waals surface area contributed by atoms with Crippen LogP contribution in [-0.2, 0) is 4.79 Å². The molecule has 0 radical (unpaired) electrons. The van der Waals surface area contributed by atoms with Crippen molar-refractivity contribution in [3.05, 3.63) is 22.4 Å². The molecule has 0 bridgehead atoms. The van der Waals surface area contributed by atoms with Gasteiger partial charge in [0.05, 0.1) is 5.92 Å². The minimum absolute atomic E-state index is 0.139. The summed E-state index contributed by atoms with van der Waals surface area (Å²) >= 11 is 3.38. The van der Waals surface area contributed by atoms with Crippen molar-refractivity contribution < 1.29 is 14.7 Å². The smallest absolute Gasteiger partial charge is 0.308 e. The lowest BCUT2D eigenvalue weighted by atomic mass is 10.1. The average molecular weight is 345 g/mol. The SMILES string of the molecule is CCN(CC(C)C(=O)O)C(=O)c1cc(Br)cn1C(C)C. The summed E-state index contributed by atoms with van der Waals surface area (Å²) in [6, 6.07) is 1.94. The summed E-state index contributed by atoms with van der Waals surface area (Å²) < 4.78 is 2.73. The van der Waals surface area contributed by atoms with Crippen molar-refractivity contribution in [2.75, 3.05) is 13.1 Å². The summed E-state index contributed by atoms with van der Waals surface area (Å²) in [4.78, 5) is 25.1. The molecule has 1 aromatic heterocycles. The fourth-order valence-corrected chi connectivity index (χ4v) is 2.41. The predicted molar refractivity (Wildman–Crippen MR) is 80.9 cm³/mol. The van der Waals surface area contributed by atoms with Gasteiger partial charge in [-0.3, -0.25) is 9.59 Å². The van der Waals surface area contributed by atoms with Crippen molar-refractivity contribution in [3.8, 4) is 0 Å². The van der Waals surface area contributed by atoms with E-state index in [1.165, 1.54) is 0 Å². The van der Waals surface area contributed by atoms with E-state index < -0.39 is 11.9 Å². The van der Waals surface area contributed by atoms with E-state index >= 15 is 0 Å². The molecule has 1 N–H and O–H groups in total. The first-order chi connectivity index (χ1) is 9.27. The molecule has 0 fully saturated rings. The van der Waals surface area contributed by atoms with Gasteiger partial charge in [0.1, 0.15) is 5.69 Å². The molecule has 20 heavy (non-hydrogen) atoms. The summed E-state index contributed by atoms with van der Waals surface area (Å²) in [5.74, 6) is -1.61. The second-order valence-electron chi connectivity index (χ2n) is 5.13. The molecule has 0 aliphatic carbocycles. The zero-order valence-electron chi connectivity index (χ0n) is 12.3. The molecule has 5 nitrogen and oxygen atoms in total. The molecular weight excluding hydrogens is 324 g/mol. The van der Waals surface area contributed by atoms with Crippen LogP contribution < -0.4 is 0 Å². The normalized spacial score (nSPS) is 12.5. The van der Waals surface area contributed by atoms with E-state index in [0.29, 0.717) is 12.2 Å². The third-order valence-electron chi connectivity index (χ3n) is 3.18. The van der Waals surface area contributed by atoms with Gasteiger partial charge in [-0.1, -0.05) is 6.92 Å². The molecule has 1 unspecified atom stereocenters. The van der Waals surface area contributed by atoms with E-state index in [0.717, 1.165) is 4.47 Å². The molecule has 1 amide bonds. The zero-order chi connectivity index (χ0) is 15.4. The molecule has 0 aliphatic rings. The molecule has 1 heterocycles. The second kappa shape index (κ2) is 6.92. The van der Waals surface area contributed by atoms with Crippen LogP contribution in [0.4, 0.5) is 0 Å². The van der Waals surface area contributed by atoms with Crippen LogP contribution in [0.25, 0.3) is 0 Å². The Labute approximate surface area is 127 Å². The third kappa shape index (κ3) is 3.85. The highest BCUT2D eigenvalue weighted by atomic mass is 79.9. The molecule has 0 aromatic carbocycles. The number of carboxylic acids is 1. The number of amides is 1. The first-order valence-corrected chi connectivity index (χ1v) is 7.46. The summed E-state index contributed by atoms with van der Waals surface area (Å²) in [6.45, 7) is 8.15. The molecule has 0 spiro atoms. The highest BCUT2D eigenvalue weighted by Crippen LogP contribution is 2.21. The number of halogens is 1. The van der Waals surface area contributed by atoms with Crippen LogP contribution in [0.5, 0.6) is 0 Å². The molecule has 6 heteroatoms. The third-order valence-corrected chi connectivity index (χ3v) is 3.61. The van der Waals surface area contributed by atoms with Crippen molar-refractivity contribution in [2.45, 2.75) is 33.7 Å². The van der Waals surface area contributed by atoms with Gasteiger partial charge in [0.15, 0.2) is 0 Å². The highest BCUT2D eigenvalue weighted by Gasteiger charge is 2.23. The van der Waals surface area contributed by atoms with E-state index in [2.05, 4.69) is 15.9 Å². The summed E-state index contributed by atoms with van der Waals surface area (Å²) in [5.41, 5.74) is 0.575. The maximum absolute atomic E-state index is 12.6. The standard InChI is InChI=1S/C14H21BrN2O3/c1-5-16(7-10(4)14(19)20)13(18)12-6-11(15)8-17(12)9(2)3/h6,8-10H,5,7H2,1-4H3,(H,19,20). The van der Waals surface area contributed by atoms with Crippen LogP contribution in [0, 0.1) is 5.92 Å². The average Bonchev–Trinajstić information content (AvgIpc) is 2.76. The van der Waals surface area contributed by atoms with E-state index in [1.54, 1.807) is 17.9 Å². The molecule has 0 saturated heterocycles. The van der Waals surface area contributed by atoms with E-state index in [1.807, 2.05) is 31.5 Å². The van der Waals surface area contributed by atoms with Crippen LogP contribution in [0.3, 0.4) is 0 Å². The number of nitrogens with zero attached hydrogens (tertiary/aromatic N) is 2. The predicted octanol–water partition coefficient (Wildman–Crippen LogP) is 3.01. The Hall–Kier alpha value is -1.30. The molecule has 112 valence electrons. The highest BCUT2D eigenvalue weighted by molar-refractivity contribution is 9.10. The maximum atomic E-state index is 12.6. The van der Waals surface area contributed by atoms with E-state index in [-0.39, 0.29) is 18.5 Å². The van der Waals surface area contributed by atoms with Gasteiger partial charge in [-0.25, -0.2) is 0 Å². The number of hydrogen-bond acceptors (Lipinski definition) is 2. The number of carbonyl (C=O) groups excluding carboxylic acids is 1. The molecule has 0 saturated carbocycles. The lowest BCUT2D eigenvalue weighted by Crippen LogP contribution is -2.37. The molecule has 0 aliphatic heterocycles. The van der Waals surface area contributed by atoms with Crippen LogP contribution in [0.1, 0.15) is 44.2 Å². The number of carbonyl (C=O) groups is 2. The van der Waals surface area contributed by atoms with Gasteiger partial charge in [0.2, 0.25) is 0 Å². The van der Waals surface area contributed by atoms with Crippen molar-refractivity contribution in [1.29, 1.82) is 0 Å². The van der Waals surface area contributed by atoms with Crippen LogP contribution in [0.15, 0.2) is 16.7 Å². The quantitative estimate of drug-likeness (QED) is 0.862. The first kappa shape index (κ1) is 16.8. The van der Waals surface area contributed by atoms with Gasteiger partial charge in [-0.15, -0.1) is 0 Å². The molecule has 1 aromatic rings. The van der Waals surface area contributed by atoms with Crippen molar-refractivity contribution in [2.24, 2.45) is 5.92 Å². The number of aromatic nitrogens is 1. The first-order valence-electron chi connectivity index (χ1n) is 6.67. The van der Waals surface area contributed by atoms with E-state index in [9.17, 15) is 9.59 Å². The Kier molecular flexibility index (Phi) is 5.80. The van der Waals surface area contributed by atoms with Gasteiger partial charge < -0.3 is 14.6 Å². The van der Waals surface area contributed by atoms with Crippen molar-refractivity contribution in [1.82, 2.24) is 9.47 Å². The Morgan fingerprint density at radius 3 is 2.45 bits per heavy atom. The van der Waals surface area contributed by atoms with Gasteiger partial charge in [0, 0.05) is 29.8 Å².